The fourth-order valence-electron chi connectivity index (χ4n) is 2.95. The van der Waals surface area contributed by atoms with E-state index in [0.29, 0.717) is 24.8 Å². The van der Waals surface area contributed by atoms with Crippen LogP contribution in [0.2, 0.25) is 5.02 Å². The number of benzene rings is 1. The average molecular weight is 443 g/mol. The van der Waals surface area contributed by atoms with Gasteiger partial charge in [-0.25, -0.2) is 0 Å². The molecule has 1 aliphatic heterocycles. The van der Waals surface area contributed by atoms with Gasteiger partial charge < -0.3 is 9.84 Å². The third-order valence-corrected chi connectivity index (χ3v) is 5.62. The Labute approximate surface area is 172 Å². The summed E-state index contributed by atoms with van der Waals surface area (Å²) in [5.74, 6) is 0.604. The van der Waals surface area contributed by atoms with Crippen LogP contribution in [-0.4, -0.2) is 40.6 Å². The molecule has 0 bridgehead atoms. The van der Waals surface area contributed by atoms with E-state index in [1.54, 1.807) is 0 Å². The molecular formula is C18H14ClF3N4O2S. The second-order valence-corrected chi connectivity index (χ2v) is 7.92. The molecule has 3 heterocycles. The summed E-state index contributed by atoms with van der Waals surface area (Å²) in [5.41, 5.74) is -0.944. The molecule has 1 fully saturated rings. The maximum Gasteiger partial charge on any atom is 0.416 e. The SMILES string of the molecule is O=C(CN1CC(c2nc(-c3cccs3)no2)C1)Nc1cc(C(F)(F)F)ccc1Cl. The Bertz CT molecular complexity index is 1020. The molecule has 1 N–H and O–H groups in total. The summed E-state index contributed by atoms with van der Waals surface area (Å²) in [6, 6.07) is 6.60. The van der Waals surface area contributed by atoms with Gasteiger partial charge in [0.25, 0.3) is 0 Å². The molecule has 1 saturated heterocycles. The number of carbonyl (C=O) groups is 1. The fourth-order valence-corrected chi connectivity index (χ4v) is 3.77. The summed E-state index contributed by atoms with van der Waals surface area (Å²) in [6.45, 7) is 1.10. The number of carbonyl (C=O) groups excluding carboxylic acids is 1. The zero-order valence-corrected chi connectivity index (χ0v) is 16.3. The highest BCUT2D eigenvalue weighted by molar-refractivity contribution is 7.13. The van der Waals surface area contributed by atoms with Crippen LogP contribution in [0.3, 0.4) is 0 Å². The topological polar surface area (TPSA) is 71.3 Å². The number of halogens is 4. The first-order valence-electron chi connectivity index (χ1n) is 8.56. The quantitative estimate of drug-likeness (QED) is 0.629. The van der Waals surface area contributed by atoms with Gasteiger partial charge in [-0.1, -0.05) is 22.8 Å². The first-order chi connectivity index (χ1) is 13.8. The summed E-state index contributed by atoms with van der Waals surface area (Å²) in [4.78, 5) is 19.3. The molecule has 0 radical (unpaired) electrons. The Morgan fingerprint density at radius 1 is 1.34 bits per heavy atom. The number of nitrogens with one attached hydrogen (secondary N) is 1. The highest BCUT2D eigenvalue weighted by Gasteiger charge is 2.34. The third-order valence-electron chi connectivity index (χ3n) is 4.42. The van der Waals surface area contributed by atoms with Crippen LogP contribution in [0.1, 0.15) is 17.4 Å². The minimum Gasteiger partial charge on any atom is -0.339 e. The molecule has 0 unspecified atom stereocenters. The molecule has 0 saturated carbocycles. The average Bonchev–Trinajstić information content (AvgIpc) is 3.30. The van der Waals surface area contributed by atoms with Crippen LogP contribution in [0.25, 0.3) is 10.7 Å². The van der Waals surface area contributed by atoms with Crippen molar-refractivity contribution in [3.63, 3.8) is 0 Å². The second kappa shape index (κ2) is 7.77. The summed E-state index contributed by atoms with van der Waals surface area (Å²) >= 11 is 7.41. The zero-order chi connectivity index (χ0) is 20.6. The Morgan fingerprint density at radius 3 is 2.83 bits per heavy atom. The molecule has 2 aromatic heterocycles. The van der Waals surface area contributed by atoms with E-state index >= 15 is 0 Å². The largest absolute Gasteiger partial charge is 0.416 e. The Hall–Kier alpha value is -2.43. The number of hydrogen-bond acceptors (Lipinski definition) is 6. The highest BCUT2D eigenvalue weighted by atomic mass is 35.5. The van der Waals surface area contributed by atoms with Crippen molar-refractivity contribution in [3.05, 3.63) is 52.2 Å². The molecule has 3 aromatic rings. The van der Waals surface area contributed by atoms with Gasteiger partial charge in [-0.3, -0.25) is 9.69 Å². The molecule has 0 atom stereocenters. The molecule has 4 rings (SSSR count). The van der Waals surface area contributed by atoms with E-state index in [1.807, 2.05) is 22.4 Å². The second-order valence-electron chi connectivity index (χ2n) is 6.57. The van der Waals surface area contributed by atoms with Gasteiger partial charge in [-0.15, -0.1) is 11.3 Å². The van der Waals surface area contributed by atoms with Gasteiger partial charge in [-0.2, -0.15) is 18.2 Å². The monoisotopic (exact) mass is 442 g/mol. The van der Waals surface area contributed by atoms with Crippen molar-refractivity contribution in [2.75, 3.05) is 25.0 Å². The molecule has 29 heavy (non-hydrogen) atoms. The lowest BCUT2D eigenvalue weighted by atomic mass is 10.0. The van der Waals surface area contributed by atoms with Gasteiger partial charge in [0.05, 0.1) is 33.6 Å². The van der Waals surface area contributed by atoms with Gasteiger partial charge in [0.15, 0.2) is 0 Å². The van der Waals surface area contributed by atoms with Crippen molar-refractivity contribution in [2.24, 2.45) is 0 Å². The van der Waals surface area contributed by atoms with E-state index in [0.717, 1.165) is 23.1 Å². The van der Waals surface area contributed by atoms with E-state index in [9.17, 15) is 18.0 Å². The predicted octanol–water partition coefficient (Wildman–Crippen LogP) is 4.51. The number of alkyl halides is 3. The summed E-state index contributed by atoms with van der Waals surface area (Å²) < 4.78 is 43.8. The molecule has 0 spiro atoms. The molecule has 0 aliphatic carbocycles. The Morgan fingerprint density at radius 2 is 2.14 bits per heavy atom. The lowest BCUT2D eigenvalue weighted by Crippen LogP contribution is -2.48. The molecule has 1 aliphatic rings. The normalized spacial score (nSPS) is 15.3. The molecule has 11 heteroatoms. The number of anilines is 1. The number of nitrogens with zero attached hydrogens (tertiary/aromatic N) is 3. The standard InChI is InChI=1S/C18H14ClF3N4O2S/c19-12-4-3-11(18(20,21)22)6-13(12)23-15(27)9-26-7-10(8-26)17-24-16(25-28-17)14-2-1-5-29-14/h1-6,10H,7-9H2,(H,23,27). The number of amides is 1. The number of aromatic nitrogens is 2. The number of rotatable bonds is 5. The van der Waals surface area contributed by atoms with Crippen LogP contribution in [0.4, 0.5) is 18.9 Å². The minimum atomic E-state index is -4.51. The van der Waals surface area contributed by atoms with Crippen molar-refractivity contribution >= 4 is 34.5 Å². The number of hydrogen-bond donors (Lipinski definition) is 1. The Kier molecular flexibility index (Phi) is 5.32. The number of likely N-dealkylation sites (tertiary alicyclic amines) is 1. The smallest absolute Gasteiger partial charge is 0.339 e. The van der Waals surface area contributed by atoms with E-state index < -0.39 is 17.6 Å². The minimum absolute atomic E-state index is 0.0150. The van der Waals surface area contributed by atoms with Crippen LogP contribution in [0.5, 0.6) is 0 Å². The first kappa shape index (κ1) is 19.9. The molecule has 152 valence electrons. The van der Waals surface area contributed by atoms with Crippen molar-refractivity contribution < 1.29 is 22.5 Å². The van der Waals surface area contributed by atoms with Crippen LogP contribution in [-0.2, 0) is 11.0 Å². The summed E-state index contributed by atoms with van der Waals surface area (Å²) in [6.07, 6.45) is -4.51. The van der Waals surface area contributed by atoms with Gasteiger partial charge in [0.1, 0.15) is 0 Å². The maximum atomic E-state index is 12.8. The van der Waals surface area contributed by atoms with Gasteiger partial charge in [0.2, 0.25) is 17.6 Å². The van der Waals surface area contributed by atoms with E-state index in [4.69, 9.17) is 16.1 Å². The van der Waals surface area contributed by atoms with Crippen molar-refractivity contribution in [3.8, 4) is 10.7 Å². The third kappa shape index (κ3) is 4.44. The molecule has 1 amide bonds. The summed E-state index contributed by atoms with van der Waals surface area (Å²) in [5, 5.41) is 8.36. The molecular weight excluding hydrogens is 429 g/mol. The highest BCUT2D eigenvalue weighted by Crippen LogP contribution is 2.34. The van der Waals surface area contributed by atoms with E-state index in [1.165, 1.54) is 11.3 Å². The van der Waals surface area contributed by atoms with Gasteiger partial charge in [0, 0.05) is 13.1 Å². The zero-order valence-electron chi connectivity index (χ0n) is 14.7. The van der Waals surface area contributed by atoms with Crippen LogP contribution >= 0.6 is 22.9 Å². The lowest BCUT2D eigenvalue weighted by Gasteiger charge is -2.36. The first-order valence-corrected chi connectivity index (χ1v) is 9.82. The van der Waals surface area contributed by atoms with Crippen molar-refractivity contribution in [2.45, 2.75) is 12.1 Å². The van der Waals surface area contributed by atoms with Gasteiger partial charge in [-0.05, 0) is 29.6 Å². The summed E-state index contributed by atoms with van der Waals surface area (Å²) in [7, 11) is 0. The van der Waals surface area contributed by atoms with Crippen LogP contribution < -0.4 is 5.32 Å². The van der Waals surface area contributed by atoms with Gasteiger partial charge >= 0.3 is 6.18 Å². The van der Waals surface area contributed by atoms with Crippen LogP contribution in [0, 0.1) is 0 Å². The Balaban J connectivity index is 1.31. The molecule has 1 aromatic carbocycles. The van der Waals surface area contributed by atoms with Crippen LogP contribution in [0.15, 0.2) is 40.2 Å². The fraction of sp³-hybridized carbons (Fsp3) is 0.278. The number of thiophene rings is 1. The van der Waals surface area contributed by atoms with E-state index in [2.05, 4.69) is 15.5 Å². The maximum absolute atomic E-state index is 12.8. The van der Waals surface area contributed by atoms with E-state index in [-0.39, 0.29) is 23.2 Å². The molecule has 6 nitrogen and oxygen atoms in total. The predicted molar refractivity (Wildman–Crippen MR) is 102 cm³/mol. The van der Waals surface area contributed by atoms with Crippen molar-refractivity contribution in [1.82, 2.24) is 15.0 Å². The lowest BCUT2D eigenvalue weighted by molar-refractivity contribution is -0.137. The van der Waals surface area contributed by atoms with Crippen molar-refractivity contribution in [1.29, 1.82) is 0 Å².